The van der Waals surface area contributed by atoms with Gasteiger partial charge < -0.3 is 11.1 Å². The lowest BCUT2D eigenvalue weighted by Crippen LogP contribution is -2.15. The molecule has 1 aromatic carbocycles. The summed E-state index contributed by atoms with van der Waals surface area (Å²) in [6, 6.07) is 9.44. The fourth-order valence-electron chi connectivity index (χ4n) is 1.94. The van der Waals surface area contributed by atoms with E-state index in [0.29, 0.717) is 18.7 Å². The molecule has 1 aromatic heterocycles. The Hall–Kier alpha value is -2.30. The fraction of sp³-hybridized carbons (Fsp3) is 0.286. The quantitative estimate of drug-likeness (QED) is 0.822. The van der Waals surface area contributed by atoms with E-state index in [4.69, 9.17) is 5.73 Å². The van der Waals surface area contributed by atoms with Crippen LogP contribution in [-0.4, -0.2) is 15.7 Å². The molecule has 0 saturated heterocycles. The topological polar surface area (TPSA) is 72.9 Å². The number of nitrogens with one attached hydrogen (secondary N) is 1. The molecular formula is C14H18N4O. The predicted octanol–water partition coefficient (Wildman–Crippen LogP) is 1.88. The molecule has 0 bridgehead atoms. The van der Waals surface area contributed by atoms with Crippen LogP contribution >= 0.6 is 0 Å². The van der Waals surface area contributed by atoms with Gasteiger partial charge in [0.25, 0.3) is 0 Å². The Labute approximate surface area is 112 Å². The van der Waals surface area contributed by atoms with Crippen LogP contribution in [0.15, 0.2) is 30.3 Å². The molecule has 0 radical (unpaired) electrons. The van der Waals surface area contributed by atoms with Gasteiger partial charge in [-0.15, -0.1) is 0 Å². The monoisotopic (exact) mass is 258 g/mol. The van der Waals surface area contributed by atoms with E-state index < -0.39 is 0 Å². The van der Waals surface area contributed by atoms with E-state index in [1.54, 1.807) is 11.7 Å². The highest BCUT2D eigenvalue weighted by molar-refractivity contribution is 5.90. The van der Waals surface area contributed by atoms with Crippen molar-refractivity contribution in [2.45, 2.75) is 19.8 Å². The summed E-state index contributed by atoms with van der Waals surface area (Å²) < 4.78 is 1.66. The van der Waals surface area contributed by atoms with Crippen molar-refractivity contribution in [1.82, 2.24) is 9.78 Å². The van der Waals surface area contributed by atoms with Crippen LogP contribution in [0.2, 0.25) is 0 Å². The summed E-state index contributed by atoms with van der Waals surface area (Å²) in [7, 11) is 1.80. The van der Waals surface area contributed by atoms with E-state index in [-0.39, 0.29) is 5.91 Å². The molecule has 5 heteroatoms. The number of hydrogen-bond acceptors (Lipinski definition) is 3. The van der Waals surface area contributed by atoms with Gasteiger partial charge in [-0.3, -0.25) is 9.48 Å². The Bertz CT molecular complexity index is 589. The summed E-state index contributed by atoms with van der Waals surface area (Å²) in [5.74, 6) is 0.676. The second kappa shape index (κ2) is 5.56. The Balaban J connectivity index is 1.92. The number of carbonyl (C=O) groups excluding carboxylic acids is 1. The van der Waals surface area contributed by atoms with Gasteiger partial charge in [-0.2, -0.15) is 5.10 Å². The van der Waals surface area contributed by atoms with E-state index in [1.807, 2.05) is 37.3 Å². The number of para-hydroxylation sites is 1. The van der Waals surface area contributed by atoms with Gasteiger partial charge in [-0.05, 0) is 25.0 Å². The third kappa shape index (κ3) is 3.34. The van der Waals surface area contributed by atoms with Gasteiger partial charge in [0.05, 0.1) is 5.69 Å². The van der Waals surface area contributed by atoms with E-state index in [0.717, 1.165) is 16.9 Å². The minimum Gasteiger partial charge on any atom is -0.399 e. The minimum atomic E-state index is -0.0359. The van der Waals surface area contributed by atoms with Gasteiger partial charge >= 0.3 is 0 Å². The summed E-state index contributed by atoms with van der Waals surface area (Å²) in [4.78, 5) is 11.9. The molecule has 0 unspecified atom stereocenters. The number of carbonyl (C=O) groups is 1. The molecule has 5 nitrogen and oxygen atoms in total. The van der Waals surface area contributed by atoms with Crippen LogP contribution in [-0.2, 0) is 18.3 Å². The number of aromatic nitrogens is 2. The SMILES string of the molecule is Cc1cc(NC(=O)CCc2ccccc2N)n(C)n1. The van der Waals surface area contributed by atoms with Gasteiger partial charge in [-0.25, -0.2) is 0 Å². The molecule has 19 heavy (non-hydrogen) atoms. The van der Waals surface area contributed by atoms with Gasteiger partial charge in [0.1, 0.15) is 5.82 Å². The van der Waals surface area contributed by atoms with Gasteiger partial charge in [0, 0.05) is 25.2 Å². The molecule has 0 aliphatic carbocycles. The molecule has 1 heterocycles. The number of nitrogen functional groups attached to an aromatic ring is 1. The van der Waals surface area contributed by atoms with E-state index in [2.05, 4.69) is 10.4 Å². The zero-order valence-electron chi connectivity index (χ0n) is 11.2. The maximum Gasteiger partial charge on any atom is 0.225 e. The van der Waals surface area contributed by atoms with Crippen molar-refractivity contribution >= 4 is 17.4 Å². The lowest BCUT2D eigenvalue weighted by Gasteiger charge is -2.06. The van der Waals surface area contributed by atoms with Crippen LogP contribution in [0, 0.1) is 6.92 Å². The molecule has 3 N–H and O–H groups in total. The normalized spacial score (nSPS) is 10.4. The Morgan fingerprint density at radius 3 is 2.79 bits per heavy atom. The largest absolute Gasteiger partial charge is 0.399 e. The van der Waals surface area contributed by atoms with E-state index in [1.165, 1.54) is 0 Å². The maximum atomic E-state index is 11.9. The first-order chi connectivity index (χ1) is 9.06. The summed E-state index contributed by atoms with van der Waals surface area (Å²) in [5, 5.41) is 7.02. The zero-order chi connectivity index (χ0) is 13.8. The Kier molecular flexibility index (Phi) is 3.85. The second-order valence-corrected chi connectivity index (χ2v) is 4.54. The van der Waals surface area contributed by atoms with Crippen molar-refractivity contribution in [3.63, 3.8) is 0 Å². The first kappa shape index (κ1) is 13.1. The number of benzene rings is 1. The number of anilines is 2. The van der Waals surface area contributed by atoms with Gasteiger partial charge in [-0.1, -0.05) is 18.2 Å². The number of aryl methyl sites for hydroxylation is 3. The lowest BCUT2D eigenvalue weighted by atomic mass is 10.1. The number of nitrogens with zero attached hydrogens (tertiary/aromatic N) is 2. The van der Waals surface area contributed by atoms with Crippen molar-refractivity contribution in [3.05, 3.63) is 41.6 Å². The summed E-state index contributed by atoms with van der Waals surface area (Å²) in [5.41, 5.74) is 8.45. The van der Waals surface area contributed by atoms with E-state index in [9.17, 15) is 4.79 Å². The average molecular weight is 258 g/mol. The number of amides is 1. The molecule has 0 saturated carbocycles. The molecule has 0 aliphatic heterocycles. The average Bonchev–Trinajstić information content (AvgIpc) is 2.67. The highest BCUT2D eigenvalue weighted by Gasteiger charge is 2.08. The molecule has 1 amide bonds. The van der Waals surface area contributed by atoms with Crippen molar-refractivity contribution in [2.24, 2.45) is 7.05 Å². The number of hydrogen-bond donors (Lipinski definition) is 2. The number of rotatable bonds is 4. The highest BCUT2D eigenvalue weighted by Crippen LogP contribution is 2.14. The van der Waals surface area contributed by atoms with Crippen LogP contribution in [0.5, 0.6) is 0 Å². The smallest absolute Gasteiger partial charge is 0.225 e. The molecule has 0 atom stereocenters. The Morgan fingerprint density at radius 2 is 2.16 bits per heavy atom. The molecule has 2 aromatic rings. The maximum absolute atomic E-state index is 11.9. The third-order valence-electron chi connectivity index (χ3n) is 2.95. The second-order valence-electron chi connectivity index (χ2n) is 4.54. The summed E-state index contributed by atoms with van der Waals surface area (Å²) in [6.45, 7) is 1.89. The van der Waals surface area contributed by atoms with Crippen molar-refractivity contribution in [1.29, 1.82) is 0 Å². The fourth-order valence-corrected chi connectivity index (χ4v) is 1.94. The van der Waals surface area contributed by atoms with Crippen molar-refractivity contribution in [2.75, 3.05) is 11.1 Å². The molecule has 2 rings (SSSR count). The van der Waals surface area contributed by atoms with Gasteiger partial charge in [0.15, 0.2) is 0 Å². The zero-order valence-corrected chi connectivity index (χ0v) is 11.2. The Morgan fingerprint density at radius 1 is 1.42 bits per heavy atom. The van der Waals surface area contributed by atoms with Crippen molar-refractivity contribution in [3.8, 4) is 0 Å². The standard InChI is InChI=1S/C14H18N4O/c1-10-9-13(18(2)17-10)16-14(19)8-7-11-5-3-4-6-12(11)15/h3-6,9H,7-8,15H2,1-2H3,(H,16,19). The molecule has 0 fully saturated rings. The third-order valence-corrected chi connectivity index (χ3v) is 2.95. The molecular weight excluding hydrogens is 240 g/mol. The molecule has 0 spiro atoms. The molecule has 100 valence electrons. The van der Waals surface area contributed by atoms with Crippen LogP contribution in [0.25, 0.3) is 0 Å². The minimum absolute atomic E-state index is 0.0359. The van der Waals surface area contributed by atoms with Gasteiger partial charge in [0.2, 0.25) is 5.91 Å². The molecule has 0 aliphatic rings. The predicted molar refractivity (Wildman–Crippen MR) is 75.8 cm³/mol. The lowest BCUT2D eigenvalue weighted by molar-refractivity contribution is -0.116. The van der Waals surface area contributed by atoms with Crippen LogP contribution < -0.4 is 11.1 Å². The first-order valence-corrected chi connectivity index (χ1v) is 6.20. The van der Waals surface area contributed by atoms with Crippen molar-refractivity contribution < 1.29 is 4.79 Å². The summed E-state index contributed by atoms with van der Waals surface area (Å²) in [6.07, 6.45) is 1.04. The van der Waals surface area contributed by atoms with Crippen LogP contribution in [0.1, 0.15) is 17.7 Å². The van der Waals surface area contributed by atoms with E-state index >= 15 is 0 Å². The van der Waals surface area contributed by atoms with Crippen LogP contribution in [0.3, 0.4) is 0 Å². The van der Waals surface area contributed by atoms with Crippen LogP contribution in [0.4, 0.5) is 11.5 Å². The first-order valence-electron chi connectivity index (χ1n) is 6.20. The number of nitrogens with two attached hydrogens (primary N) is 1. The highest BCUT2D eigenvalue weighted by atomic mass is 16.1. The summed E-state index contributed by atoms with van der Waals surface area (Å²) >= 11 is 0.